The van der Waals surface area contributed by atoms with E-state index in [2.05, 4.69) is 12.8 Å². The summed E-state index contributed by atoms with van der Waals surface area (Å²) >= 11 is 4.29. The molecule has 19 heavy (non-hydrogen) atoms. The first kappa shape index (κ1) is 13.2. The van der Waals surface area contributed by atoms with E-state index in [0.717, 1.165) is 5.56 Å². The van der Waals surface area contributed by atoms with Gasteiger partial charge in [0.2, 0.25) is 0 Å². The number of phenolic OH excluding ortho intramolecular Hbond substituents is 1. The summed E-state index contributed by atoms with van der Waals surface area (Å²) in [6, 6.07) is 13.1. The summed E-state index contributed by atoms with van der Waals surface area (Å²) in [6.45, 7) is 0.350. The lowest BCUT2D eigenvalue weighted by atomic mass is 10.2. The molecule has 2 rings (SSSR count). The van der Waals surface area contributed by atoms with Gasteiger partial charge in [0.05, 0.1) is 17.2 Å². The predicted octanol–water partition coefficient (Wildman–Crippen LogP) is 3.15. The van der Waals surface area contributed by atoms with Gasteiger partial charge in [-0.2, -0.15) is 0 Å². The molecule has 0 saturated carbocycles. The van der Waals surface area contributed by atoms with Crippen molar-refractivity contribution in [3.63, 3.8) is 0 Å². The molecule has 0 heterocycles. The predicted molar refractivity (Wildman–Crippen MR) is 76.4 cm³/mol. The number of para-hydroxylation sites is 2. The summed E-state index contributed by atoms with van der Waals surface area (Å²) < 4.78 is 1.54. The second-order valence-corrected chi connectivity index (χ2v) is 4.46. The molecule has 0 radical (unpaired) electrons. The number of hydrogen-bond acceptors (Lipinski definition) is 5. The molecule has 0 aliphatic heterocycles. The molecule has 0 saturated heterocycles. The molecule has 0 aliphatic rings. The van der Waals surface area contributed by atoms with Crippen molar-refractivity contribution in [3.8, 4) is 5.75 Å². The van der Waals surface area contributed by atoms with Gasteiger partial charge >= 0.3 is 0 Å². The van der Waals surface area contributed by atoms with Gasteiger partial charge in [0.25, 0.3) is 5.69 Å². The molecular weight excluding hydrogens is 264 g/mol. The van der Waals surface area contributed by atoms with Crippen LogP contribution >= 0.6 is 12.8 Å². The topological polar surface area (TPSA) is 66.6 Å². The Labute approximate surface area is 115 Å². The molecule has 0 amide bonds. The third-order valence-corrected chi connectivity index (χ3v) is 2.97. The van der Waals surface area contributed by atoms with Crippen LogP contribution in [0.25, 0.3) is 0 Å². The van der Waals surface area contributed by atoms with Crippen LogP contribution in [0.1, 0.15) is 5.56 Å². The molecule has 98 valence electrons. The number of non-ortho nitro benzene ring substituents is 1. The van der Waals surface area contributed by atoms with E-state index in [4.69, 9.17) is 0 Å². The van der Waals surface area contributed by atoms with Crippen molar-refractivity contribution < 1.29 is 10.0 Å². The van der Waals surface area contributed by atoms with Crippen LogP contribution in [0.3, 0.4) is 0 Å². The van der Waals surface area contributed by atoms with Crippen LogP contribution in [0.15, 0.2) is 48.5 Å². The van der Waals surface area contributed by atoms with Gasteiger partial charge in [0.1, 0.15) is 5.75 Å². The summed E-state index contributed by atoms with van der Waals surface area (Å²) in [5.41, 5.74) is 1.33. The molecule has 1 N–H and O–H groups in total. The summed E-state index contributed by atoms with van der Waals surface area (Å²) in [5.74, 6) is 0.114. The van der Waals surface area contributed by atoms with Crippen molar-refractivity contribution in [2.75, 3.05) is 4.31 Å². The molecule has 0 fully saturated rings. The van der Waals surface area contributed by atoms with Gasteiger partial charge in [-0.25, -0.2) is 0 Å². The first-order chi connectivity index (χ1) is 9.08. The number of nitro benzene ring substituents is 1. The molecule has 6 heteroatoms. The molecule has 2 aromatic carbocycles. The smallest absolute Gasteiger partial charge is 0.269 e. The van der Waals surface area contributed by atoms with Gasteiger partial charge in [0, 0.05) is 12.1 Å². The van der Waals surface area contributed by atoms with Crippen LogP contribution in [0.4, 0.5) is 11.4 Å². The fraction of sp³-hybridized carbons (Fsp3) is 0.0769. The van der Waals surface area contributed by atoms with Crippen LogP contribution in [0.2, 0.25) is 0 Å². The quantitative estimate of drug-likeness (QED) is 0.511. The average molecular weight is 276 g/mol. The number of hydrogen-bond donors (Lipinski definition) is 2. The third kappa shape index (κ3) is 3.17. The lowest BCUT2D eigenvalue weighted by Crippen LogP contribution is -2.10. The molecule has 0 spiro atoms. The van der Waals surface area contributed by atoms with Crippen LogP contribution < -0.4 is 4.31 Å². The SMILES string of the molecule is O=[N+]([O-])c1cccc(CN(S)c2ccccc2O)c1. The number of aromatic hydroxyl groups is 1. The Kier molecular flexibility index (Phi) is 3.91. The summed E-state index contributed by atoms with van der Waals surface area (Å²) in [6.07, 6.45) is 0. The molecule has 0 aliphatic carbocycles. The van der Waals surface area contributed by atoms with E-state index >= 15 is 0 Å². The van der Waals surface area contributed by atoms with Gasteiger partial charge < -0.3 is 9.41 Å². The van der Waals surface area contributed by atoms with E-state index in [1.807, 2.05) is 0 Å². The van der Waals surface area contributed by atoms with Crippen molar-refractivity contribution in [1.82, 2.24) is 0 Å². The van der Waals surface area contributed by atoms with Gasteiger partial charge in [0.15, 0.2) is 0 Å². The molecule has 0 atom stereocenters. The maximum Gasteiger partial charge on any atom is 0.269 e. The zero-order chi connectivity index (χ0) is 13.8. The number of phenols is 1. The highest BCUT2D eigenvalue weighted by Crippen LogP contribution is 2.29. The molecule has 2 aromatic rings. The average Bonchev–Trinajstić information content (AvgIpc) is 2.39. The van der Waals surface area contributed by atoms with E-state index in [-0.39, 0.29) is 11.4 Å². The van der Waals surface area contributed by atoms with Crippen molar-refractivity contribution in [2.24, 2.45) is 0 Å². The second-order valence-electron chi connectivity index (χ2n) is 3.97. The number of nitro groups is 1. The Morgan fingerprint density at radius 1 is 1.21 bits per heavy atom. The highest BCUT2D eigenvalue weighted by Gasteiger charge is 2.10. The molecular formula is C13H12N2O3S. The van der Waals surface area contributed by atoms with E-state index < -0.39 is 4.92 Å². The summed E-state index contributed by atoms with van der Waals surface area (Å²) in [5, 5.41) is 20.4. The first-order valence-corrected chi connectivity index (χ1v) is 5.95. The zero-order valence-corrected chi connectivity index (χ0v) is 10.8. The van der Waals surface area contributed by atoms with Crippen LogP contribution in [0, 0.1) is 10.1 Å². The highest BCUT2D eigenvalue weighted by atomic mass is 32.1. The van der Waals surface area contributed by atoms with Gasteiger partial charge in [-0.05, 0) is 17.7 Å². The standard InChI is InChI=1S/C13H12N2O3S/c16-13-7-2-1-6-12(13)14(19)9-10-4-3-5-11(8-10)15(17)18/h1-8,16,19H,9H2. The number of thiol groups is 1. The van der Waals surface area contributed by atoms with E-state index in [9.17, 15) is 15.2 Å². The van der Waals surface area contributed by atoms with E-state index in [1.54, 1.807) is 36.4 Å². The number of nitrogens with zero attached hydrogens (tertiary/aromatic N) is 2. The first-order valence-electron chi connectivity index (χ1n) is 5.55. The minimum absolute atomic E-state index is 0.0384. The Balaban J connectivity index is 2.19. The van der Waals surface area contributed by atoms with Crippen molar-refractivity contribution >= 4 is 24.2 Å². The number of anilines is 1. The fourth-order valence-electron chi connectivity index (χ4n) is 1.71. The summed E-state index contributed by atoms with van der Waals surface area (Å²) in [7, 11) is 0. The Hall–Kier alpha value is -2.21. The van der Waals surface area contributed by atoms with Crippen molar-refractivity contribution in [1.29, 1.82) is 0 Å². The van der Waals surface area contributed by atoms with Crippen LogP contribution in [-0.2, 0) is 6.54 Å². The maximum atomic E-state index is 10.7. The lowest BCUT2D eigenvalue weighted by Gasteiger charge is -2.18. The number of benzene rings is 2. The van der Waals surface area contributed by atoms with E-state index in [0.29, 0.717) is 12.2 Å². The minimum atomic E-state index is -0.438. The van der Waals surface area contributed by atoms with Crippen LogP contribution in [-0.4, -0.2) is 10.0 Å². The largest absolute Gasteiger partial charge is 0.506 e. The van der Waals surface area contributed by atoms with Gasteiger partial charge in [-0.3, -0.25) is 10.1 Å². The Morgan fingerprint density at radius 2 is 1.95 bits per heavy atom. The summed E-state index contributed by atoms with van der Waals surface area (Å²) in [4.78, 5) is 10.3. The number of rotatable bonds is 4. The Morgan fingerprint density at radius 3 is 2.63 bits per heavy atom. The molecule has 5 nitrogen and oxygen atoms in total. The van der Waals surface area contributed by atoms with Crippen LogP contribution in [0.5, 0.6) is 5.75 Å². The van der Waals surface area contributed by atoms with Gasteiger partial charge in [-0.1, -0.05) is 37.1 Å². The zero-order valence-electron chi connectivity index (χ0n) is 9.93. The Bertz CT molecular complexity index is 604. The minimum Gasteiger partial charge on any atom is -0.506 e. The highest BCUT2D eigenvalue weighted by molar-refractivity contribution is 7.81. The van der Waals surface area contributed by atoms with Crippen molar-refractivity contribution in [3.05, 3.63) is 64.2 Å². The van der Waals surface area contributed by atoms with Gasteiger partial charge in [-0.15, -0.1) is 0 Å². The van der Waals surface area contributed by atoms with E-state index in [1.165, 1.54) is 16.4 Å². The maximum absolute atomic E-state index is 10.7. The second kappa shape index (κ2) is 5.62. The molecule has 0 bridgehead atoms. The molecule has 0 aromatic heterocycles. The monoisotopic (exact) mass is 276 g/mol. The lowest BCUT2D eigenvalue weighted by molar-refractivity contribution is -0.384. The molecule has 0 unspecified atom stereocenters. The third-order valence-electron chi connectivity index (χ3n) is 2.61. The van der Waals surface area contributed by atoms with Crippen molar-refractivity contribution in [2.45, 2.75) is 6.54 Å². The normalized spacial score (nSPS) is 10.2. The fourth-order valence-corrected chi connectivity index (χ4v) is 2.04.